The first-order valence-electron chi connectivity index (χ1n) is 8.25. The minimum absolute atomic E-state index is 0.0143. The summed E-state index contributed by atoms with van der Waals surface area (Å²) in [5.41, 5.74) is 2.38. The second kappa shape index (κ2) is 6.87. The number of hydrogen-bond donors (Lipinski definition) is 2. The number of ether oxygens (including phenoxy) is 1. The van der Waals surface area contributed by atoms with Gasteiger partial charge in [0.15, 0.2) is 6.61 Å². The Hall–Kier alpha value is -3.75. The van der Waals surface area contributed by atoms with Crippen molar-refractivity contribution in [2.45, 2.75) is 6.04 Å². The second-order valence-corrected chi connectivity index (χ2v) is 6.02. The largest absolute Gasteiger partial charge is 0.439 e. The van der Waals surface area contributed by atoms with E-state index in [9.17, 15) is 14.4 Å². The van der Waals surface area contributed by atoms with Crippen molar-refractivity contribution >= 4 is 28.9 Å². The Labute approximate surface area is 153 Å². The van der Waals surface area contributed by atoms with E-state index in [1.807, 2.05) is 30.3 Å². The molecule has 1 aromatic heterocycles. The first kappa shape index (κ1) is 16.7. The van der Waals surface area contributed by atoms with Gasteiger partial charge in [-0.25, -0.2) is 9.69 Å². The van der Waals surface area contributed by atoms with Gasteiger partial charge in [0.1, 0.15) is 11.0 Å². The number of aromatic nitrogens is 3. The number of aromatic amines is 1. The molecule has 2 aromatic carbocycles. The van der Waals surface area contributed by atoms with Crippen LogP contribution in [0, 0.1) is 0 Å². The minimum atomic E-state index is -0.709. The van der Waals surface area contributed by atoms with Crippen LogP contribution in [0.15, 0.2) is 48.5 Å². The maximum Gasteiger partial charge on any atom is 0.417 e. The molecule has 2 N–H and O–H groups in total. The standard InChI is InChI=1S/C18H15N5O4/c24-16-10-27-18(26)23(16)9-15(11-4-2-1-3-5-11)19-17(25)12-6-7-13-14(8-12)21-22-20-13/h1-8,15H,9-10H2,(H,19,25)(H,20,21,22). The zero-order chi connectivity index (χ0) is 18.8. The van der Waals surface area contributed by atoms with Crippen molar-refractivity contribution < 1.29 is 19.1 Å². The number of fused-ring (bicyclic) bond motifs is 1. The summed E-state index contributed by atoms with van der Waals surface area (Å²) >= 11 is 0. The molecular weight excluding hydrogens is 350 g/mol. The Balaban J connectivity index is 1.59. The number of cyclic esters (lactones) is 1. The molecular formula is C18H15N5O4. The molecule has 3 aromatic rings. The molecule has 27 heavy (non-hydrogen) atoms. The van der Waals surface area contributed by atoms with E-state index in [0.29, 0.717) is 16.6 Å². The zero-order valence-corrected chi connectivity index (χ0v) is 14.1. The normalized spacial score (nSPS) is 15.0. The summed E-state index contributed by atoms with van der Waals surface area (Å²) in [7, 11) is 0. The Morgan fingerprint density at radius 1 is 1.15 bits per heavy atom. The number of nitrogens with one attached hydrogen (secondary N) is 2. The summed E-state index contributed by atoms with van der Waals surface area (Å²) < 4.78 is 4.75. The topological polar surface area (TPSA) is 117 Å². The van der Waals surface area contributed by atoms with Gasteiger partial charge in [-0.15, -0.1) is 0 Å². The third-order valence-electron chi connectivity index (χ3n) is 4.29. The molecule has 1 aliphatic rings. The molecule has 0 bridgehead atoms. The van der Waals surface area contributed by atoms with Crippen LogP contribution in [0.25, 0.3) is 11.0 Å². The average molecular weight is 365 g/mol. The molecule has 1 saturated heterocycles. The fourth-order valence-corrected chi connectivity index (χ4v) is 2.88. The fraction of sp³-hybridized carbons (Fsp3) is 0.167. The number of carbonyl (C=O) groups is 3. The summed E-state index contributed by atoms with van der Waals surface area (Å²) in [6.07, 6.45) is -0.709. The third kappa shape index (κ3) is 3.34. The van der Waals surface area contributed by atoms with E-state index in [4.69, 9.17) is 4.74 Å². The van der Waals surface area contributed by atoms with Crippen molar-refractivity contribution in [2.24, 2.45) is 0 Å². The predicted molar refractivity (Wildman–Crippen MR) is 93.6 cm³/mol. The number of benzene rings is 2. The maximum absolute atomic E-state index is 12.7. The SMILES string of the molecule is O=C(NC(CN1C(=O)COC1=O)c1ccccc1)c1ccc2n[nH]nc2c1. The van der Waals surface area contributed by atoms with Crippen LogP contribution in [0.3, 0.4) is 0 Å². The molecule has 1 aliphatic heterocycles. The molecule has 0 radical (unpaired) electrons. The minimum Gasteiger partial charge on any atom is -0.439 e. The lowest BCUT2D eigenvalue weighted by Gasteiger charge is -2.22. The molecule has 0 saturated carbocycles. The van der Waals surface area contributed by atoms with E-state index < -0.39 is 18.0 Å². The Kier molecular flexibility index (Phi) is 4.25. The van der Waals surface area contributed by atoms with Crippen LogP contribution in [0.5, 0.6) is 0 Å². The van der Waals surface area contributed by atoms with E-state index in [-0.39, 0.29) is 19.1 Å². The van der Waals surface area contributed by atoms with Crippen LogP contribution in [0.4, 0.5) is 4.79 Å². The lowest BCUT2D eigenvalue weighted by atomic mass is 10.1. The smallest absolute Gasteiger partial charge is 0.417 e. The van der Waals surface area contributed by atoms with Crippen LogP contribution < -0.4 is 5.32 Å². The number of carbonyl (C=O) groups excluding carboxylic acids is 3. The molecule has 2 heterocycles. The number of H-pyrrole nitrogens is 1. The van der Waals surface area contributed by atoms with Crippen molar-refractivity contribution in [2.75, 3.05) is 13.2 Å². The van der Waals surface area contributed by atoms with E-state index in [1.54, 1.807) is 18.2 Å². The van der Waals surface area contributed by atoms with Crippen molar-refractivity contribution in [3.8, 4) is 0 Å². The molecule has 1 unspecified atom stereocenters. The van der Waals surface area contributed by atoms with Gasteiger partial charge < -0.3 is 10.1 Å². The second-order valence-electron chi connectivity index (χ2n) is 6.02. The molecule has 136 valence electrons. The van der Waals surface area contributed by atoms with Gasteiger partial charge in [0.25, 0.3) is 11.8 Å². The summed E-state index contributed by atoms with van der Waals surface area (Å²) in [4.78, 5) is 37.4. The van der Waals surface area contributed by atoms with Gasteiger partial charge in [0.05, 0.1) is 12.6 Å². The van der Waals surface area contributed by atoms with Crippen molar-refractivity contribution in [1.29, 1.82) is 0 Å². The lowest BCUT2D eigenvalue weighted by Crippen LogP contribution is -2.40. The highest BCUT2D eigenvalue weighted by Crippen LogP contribution is 2.19. The summed E-state index contributed by atoms with van der Waals surface area (Å²) in [5.74, 6) is -0.784. The summed E-state index contributed by atoms with van der Waals surface area (Å²) in [5, 5.41) is 13.3. The summed E-state index contributed by atoms with van der Waals surface area (Å²) in [6, 6.07) is 13.5. The van der Waals surface area contributed by atoms with E-state index in [1.165, 1.54) is 0 Å². The monoisotopic (exact) mass is 365 g/mol. The number of hydrogen-bond acceptors (Lipinski definition) is 6. The first-order valence-corrected chi connectivity index (χ1v) is 8.25. The number of amides is 3. The molecule has 4 rings (SSSR count). The third-order valence-corrected chi connectivity index (χ3v) is 4.29. The molecule has 3 amide bonds. The number of imide groups is 1. The summed E-state index contributed by atoms with van der Waals surface area (Å²) in [6.45, 7) is -0.295. The zero-order valence-electron chi connectivity index (χ0n) is 14.1. The molecule has 9 heteroatoms. The van der Waals surface area contributed by atoms with E-state index in [2.05, 4.69) is 20.7 Å². The van der Waals surface area contributed by atoms with Gasteiger partial charge in [-0.1, -0.05) is 30.3 Å². The Bertz CT molecular complexity index is 1000. The average Bonchev–Trinajstić information content (AvgIpc) is 3.28. The van der Waals surface area contributed by atoms with Gasteiger partial charge >= 0.3 is 6.09 Å². The first-order chi connectivity index (χ1) is 13.1. The Morgan fingerprint density at radius 3 is 2.67 bits per heavy atom. The van der Waals surface area contributed by atoms with E-state index in [0.717, 1.165) is 10.5 Å². The van der Waals surface area contributed by atoms with Crippen molar-refractivity contribution in [1.82, 2.24) is 25.6 Å². The highest BCUT2D eigenvalue weighted by molar-refractivity contribution is 5.99. The molecule has 1 atom stereocenters. The predicted octanol–water partition coefficient (Wildman–Crippen LogP) is 1.41. The van der Waals surface area contributed by atoms with Crippen LogP contribution >= 0.6 is 0 Å². The fourth-order valence-electron chi connectivity index (χ4n) is 2.88. The Morgan fingerprint density at radius 2 is 1.93 bits per heavy atom. The van der Waals surface area contributed by atoms with Crippen LogP contribution in [-0.4, -0.2) is 51.4 Å². The number of nitrogens with zero attached hydrogens (tertiary/aromatic N) is 3. The maximum atomic E-state index is 12.7. The molecule has 0 spiro atoms. The van der Waals surface area contributed by atoms with Gasteiger partial charge in [-0.2, -0.15) is 15.4 Å². The van der Waals surface area contributed by atoms with Gasteiger partial charge in [-0.3, -0.25) is 9.59 Å². The quantitative estimate of drug-likeness (QED) is 0.706. The molecule has 0 aliphatic carbocycles. The molecule has 1 fully saturated rings. The highest BCUT2D eigenvalue weighted by atomic mass is 16.6. The van der Waals surface area contributed by atoms with Crippen molar-refractivity contribution in [3.05, 3.63) is 59.7 Å². The van der Waals surface area contributed by atoms with Gasteiger partial charge in [0.2, 0.25) is 0 Å². The highest BCUT2D eigenvalue weighted by Gasteiger charge is 2.33. The van der Waals surface area contributed by atoms with Crippen molar-refractivity contribution in [3.63, 3.8) is 0 Å². The van der Waals surface area contributed by atoms with Gasteiger partial charge in [0, 0.05) is 5.56 Å². The molecule has 9 nitrogen and oxygen atoms in total. The van der Waals surface area contributed by atoms with E-state index >= 15 is 0 Å². The lowest BCUT2D eigenvalue weighted by molar-refractivity contribution is -0.126. The van der Waals surface area contributed by atoms with Crippen LogP contribution in [-0.2, 0) is 9.53 Å². The number of rotatable bonds is 5. The van der Waals surface area contributed by atoms with Crippen LogP contribution in [0.2, 0.25) is 0 Å². The van der Waals surface area contributed by atoms with Crippen LogP contribution in [0.1, 0.15) is 22.0 Å². The van der Waals surface area contributed by atoms with Gasteiger partial charge in [-0.05, 0) is 23.8 Å².